The molecule has 0 atom stereocenters. The fraction of sp³-hybridized carbons (Fsp3) is 0.667. The second-order valence-corrected chi connectivity index (χ2v) is 7.30. The van der Waals surface area contributed by atoms with E-state index in [1.165, 1.54) is 31.5 Å². The highest BCUT2D eigenvalue weighted by Crippen LogP contribution is 2.32. The van der Waals surface area contributed by atoms with E-state index in [1.807, 2.05) is 0 Å². The molecule has 1 aliphatic rings. The molecule has 1 fully saturated rings. The summed E-state index contributed by atoms with van der Waals surface area (Å²) in [6, 6.07) is 10.9. The highest BCUT2D eigenvalue weighted by molar-refractivity contribution is 5.23. The zero-order chi connectivity index (χ0) is 14.6. The Bertz CT molecular complexity index is 403. The average Bonchev–Trinajstić information content (AvgIpc) is 2.47. The summed E-state index contributed by atoms with van der Waals surface area (Å²) in [6.07, 6.45) is 2.48. The van der Waals surface area contributed by atoms with E-state index in [-0.39, 0.29) is 5.41 Å². The lowest BCUT2D eigenvalue weighted by Gasteiger charge is -2.43. The Morgan fingerprint density at radius 2 is 1.55 bits per heavy atom. The SMILES string of the molecule is CC(C)(CCC(C)(C)N1CCNCC1)c1ccccc1. The summed E-state index contributed by atoms with van der Waals surface area (Å²) in [5, 5.41) is 3.44. The first-order chi connectivity index (χ1) is 9.42. The van der Waals surface area contributed by atoms with Crippen molar-refractivity contribution in [2.45, 2.75) is 51.5 Å². The van der Waals surface area contributed by atoms with Crippen LogP contribution in [0.15, 0.2) is 30.3 Å². The summed E-state index contributed by atoms with van der Waals surface area (Å²) in [7, 11) is 0. The maximum absolute atomic E-state index is 3.44. The van der Waals surface area contributed by atoms with Gasteiger partial charge in [-0.25, -0.2) is 0 Å². The highest BCUT2D eigenvalue weighted by Gasteiger charge is 2.30. The number of piperazine rings is 1. The topological polar surface area (TPSA) is 15.3 Å². The molecule has 112 valence electrons. The molecule has 1 heterocycles. The minimum atomic E-state index is 0.257. The molecule has 1 aromatic carbocycles. The number of nitrogens with one attached hydrogen (secondary N) is 1. The van der Waals surface area contributed by atoms with Gasteiger partial charge in [0.2, 0.25) is 0 Å². The van der Waals surface area contributed by atoms with Gasteiger partial charge >= 0.3 is 0 Å². The van der Waals surface area contributed by atoms with Crippen LogP contribution in [-0.4, -0.2) is 36.6 Å². The summed E-state index contributed by atoms with van der Waals surface area (Å²) < 4.78 is 0. The third-order valence-corrected chi connectivity index (χ3v) is 4.89. The van der Waals surface area contributed by atoms with E-state index in [0.29, 0.717) is 5.54 Å². The van der Waals surface area contributed by atoms with Gasteiger partial charge in [0.25, 0.3) is 0 Å². The van der Waals surface area contributed by atoms with Crippen LogP contribution in [0, 0.1) is 0 Å². The van der Waals surface area contributed by atoms with Crippen molar-refractivity contribution in [1.29, 1.82) is 0 Å². The van der Waals surface area contributed by atoms with Crippen LogP contribution < -0.4 is 5.32 Å². The molecule has 1 aliphatic heterocycles. The van der Waals surface area contributed by atoms with Gasteiger partial charge in [-0.15, -0.1) is 0 Å². The van der Waals surface area contributed by atoms with Gasteiger partial charge in [-0.05, 0) is 37.7 Å². The molecule has 0 unspecified atom stereocenters. The van der Waals surface area contributed by atoms with Gasteiger partial charge in [0.15, 0.2) is 0 Å². The lowest BCUT2D eigenvalue weighted by atomic mass is 9.77. The molecule has 0 bridgehead atoms. The molecule has 20 heavy (non-hydrogen) atoms. The first-order valence-corrected chi connectivity index (χ1v) is 7.93. The molecule has 1 N–H and O–H groups in total. The monoisotopic (exact) mass is 274 g/mol. The molecular formula is C18H30N2. The van der Waals surface area contributed by atoms with Crippen LogP contribution in [0.3, 0.4) is 0 Å². The fourth-order valence-corrected chi connectivity index (χ4v) is 3.08. The van der Waals surface area contributed by atoms with Gasteiger partial charge in [-0.2, -0.15) is 0 Å². The lowest BCUT2D eigenvalue weighted by molar-refractivity contribution is 0.0883. The summed E-state index contributed by atoms with van der Waals surface area (Å²) in [5.41, 5.74) is 2.01. The highest BCUT2D eigenvalue weighted by atomic mass is 15.2. The minimum Gasteiger partial charge on any atom is -0.314 e. The van der Waals surface area contributed by atoms with E-state index in [4.69, 9.17) is 0 Å². The third kappa shape index (κ3) is 3.83. The van der Waals surface area contributed by atoms with Crippen molar-refractivity contribution < 1.29 is 0 Å². The first kappa shape index (κ1) is 15.5. The summed E-state index contributed by atoms with van der Waals surface area (Å²) in [4.78, 5) is 2.64. The van der Waals surface area contributed by atoms with Crippen LogP contribution >= 0.6 is 0 Å². The summed E-state index contributed by atoms with van der Waals surface area (Å²) >= 11 is 0. The third-order valence-electron chi connectivity index (χ3n) is 4.89. The second-order valence-electron chi connectivity index (χ2n) is 7.30. The van der Waals surface area contributed by atoms with Crippen molar-refractivity contribution in [1.82, 2.24) is 10.2 Å². The molecule has 1 aromatic rings. The Balaban J connectivity index is 1.96. The largest absolute Gasteiger partial charge is 0.314 e. The molecular weight excluding hydrogens is 244 g/mol. The van der Waals surface area contributed by atoms with E-state index in [9.17, 15) is 0 Å². The number of rotatable bonds is 5. The van der Waals surface area contributed by atoms with Crippen molar-refractivity contribution >= 4 is 0 Å². The predicted molar refractivity (Wildman–Crippen MR) is 87.2 cm³/mol. The van der Waals surface area contributed by atoms with E-state index in [0.717, 1.165) is 13.1 Å². The van der Waals surface area contributed by atoms with Crippen molar-refractivity contribution in [3.63, 3.8) is 0 Å². The number of hydrogen-bond donors (Lipinski definition) is 1. The maximum atomic E-state index is 3.44. The van der Waals surface area contributed by atoms with Crippen molar-refractivity contribution in [2.75, 3.05) is 26.2 Å². The predicted octanol–water partition coefficient (Wildman–Crippen LogP) is 3.43. The molecule has 1 saturated heterocycles. The summed E-state index contributed by atoms with van der Waals surface area (Å²) in [6.45, 7) is 14.2. The Morgan fingerprint density at radius 3 is 2.15 bits per heavy atom. The smallest absolute Gasteiger partial charge is 0.0154 e. The van der Waals surface area contributed by atoms with Gasteiger partial charge in [0.05, 0.1) is 0 Å². The van der Waals surface area contributed by atoms with Crippen LogP contribution in [0.1, 0.15) is 46.1 Å². The normalized spacial score (nSPS) is 18.2. The van der Waals surface area contributed by atoms with Gasteiger partial charge in [0.1, 0.15) is 0 Å². The van der Waals surface area contributed by atoms with Crippen LogP contribution in [0.25, 0.3) is 0 Å². The van der Waals surface area contributed by atoms with Crippen molar-refractivity contribution in [2.24, 2.45) is 0 Å². The van der Waals surface area contributed by atoms with Crippen molar-refractivity contribution in [3.8, 4) is 0 Å². The number of nitrogens with zero attached hydrogens (tertiary/aromatic N) is 1. The number of hydrogen-bond acceptors (Lipinski definition) is 2. The van der Waals surface area contributed by atoms with Crippen molar-refractivity contribution in [3.05, 3.63) is 35.9 Å². The molecule has 0 aromatic heterocycles. The molecule has 0 amide bonds. The van der Waals surface area contributed by atoms with Gasteiger partial charge in [0, 0.05) is 31.7 Å². The Kier molecular flexibility index (Phi) is 4.87. The Hall–Kier alpha value is -0.860. The van der Waals surface area contributed by atoms with E-state index in [2.05, 4.69) is 68.2 Å². The van der Waals surface area contributed by atoms with Crippen LogP contribution in [0.5, 0.6) is 0 Å². The molecule has 2 nitrogen and oxygen atoms in total. The second kappa shape index (κ2) is 6.28. The average molecular weight is 274 g/mol. The minimum absolute atomic E-state index is 0.257. The maximum Gasteiger partial charge on any atom is 0.0154 e. The van der Waals surface area contributed by atoms with E-state index in [1.54, 1.807) is 0 Å². The Morgan fingerprint density at radius 1 is 0.950 bits per heavy atom. The first-order valence-electron chi connectivity index (χ1n) is 7.93. The molecule has 2 heteroatoms. The summed E-state index contributed by atoms with van der Waals surface area (Å²) in [5.74, 6) is 0. The molecule has 0 saturated carbocycles. The van der Waals surface area contributed by atoms with E-state index < -0.39 is 0 Å². The molecule has 2 rings (SSSR count). The zero-order valence-electron chi connectivity index (χ0n) is 13.6. The molecule has 0 aliphatic carbocycles. The van der Waals surface area contributed by atoms with Crippen LogP contribution in [-0.2, 0) is 5.41 Å². The molecule has 0 radical (unpaired) electrons. The lowest BCUT2D eigenvalue weighted by Crippen LogP contribution is -2.53. The quantitative estimate of drug-likeness (QED) is 0.885. The fourth-order valence-electron chi connectivity index (χ4n) is 3.08. The zero-order valence-corrected chi connectivity index (χ0v) is 13.6. The van der Waals surface area contributed by atoms with Gasteiger partial charge in [-0.1, -0.05) is 44.2 Å². The van der Waals surface area contributed by atoms with Crippen LogP contribution in [0.4, 0.5) is 0 Å². The van der Waals surface area contributed by atoms with Gasteiger partial charge in [-0.3, -0.25) is 4.90 Å². The van der Waals surface area contributed by atoms with Crippen LogP contribution in [0.2, 0.25) is 0 Å². The molecule has 0 spiro atoms. The standard InChI is InChI=1S/C18H30N2/c1-17(2,16-8-6-5-7-9-16)10-11-18(3,4)20-14-12-19-13-15-20/h5-9,19H,10-15H2,1-4H3. The van der Waals surface area contributed by atoms with Gasteiger partial charge < -0.3 is 5.32 Å². The van der Waals surface area contributed by atoms with E-state index >= 15 is 0 Å². The Labute approximate surface area is 124 Å². The number of benzene rings is 1.